The first kappa shape index (κ1) is 24.6. The minimum Gasteiger partial charge on any atom is -0.495 e. The van der Waals surface area contributed by atoms with Crippen molar-refractivity contribution in [2.24, 2.45) is 0 Å². The van der Waals surface area contributed by atoms with Crippen LogP contribution in [-0.2, 0) is 20.2 Å². The van der Waals surface area contributed by atoms with E-state index in [0.29, 0.717) is 22.9 Å². The molecule has 1 heterocycles. The monoisotopic (exact) mass is 488 g/mol. The first-order valence-corrected chi connectivity index (χ1v) is 12.6. The predicted octanol–water partition coefficient (Wildman–Crippen LogP) is 4.90. The van der Waals surface area contributed by atoms with E-state index >= 15 is 0 Å². The summed E-state index contributed by atoms with van der Waals surface area (Å²) in [6.07, 6.45) is 0. The second-order valence-electron chi connectivity index (χ2n) is 8.40. The summed E-state index contributed by atoms with van der Waals surface area (Å²) in [7, 11) is -0.559. The van der Waals surface area contributed by atoms with Gasteiger partial charge in [-0.3, -0.25) is 9.10 Å². The van der Waals surface area contributed by atoms with Gasteiger partial charge in [0.25, 0.3) is 15.9 Å². The maximum absolute atomic E-state index is 12.6. The summed E-state index contributed by atoms with van der Waals surface area (Å²) in [5.41, 5.74) is 2.06. The predicted molar refractivity (Wildman–Crippen MR) is 132 cm³/mol. The van der Waals surface area contributed by atoms with E-state index in [-0.39, 0.29) is 22.1 Å². The Kier molecular flexibility index (Phi) is 7.34. The number of anilines is 2. The molecule has 0 spiro atoms. The highest BCUT2D eigenvalue weighted by atomic mass is 32.2. The Morgan fingerprint density at radius 3 is 2.36 bits per heavy atom. The quantitative estimate of drug-likeness (QED) is 0.488. The molecule has 0 saturated heterocycles. The number of benzene rings is 2. The summed E-state index contributed by atoms with van der Waals surface area (Å²) in [5.74, 6) is 0.683. The van der Waals surface area contributed by atoms with Gasteiger partial charge in [-0.05, 0) is 58.8 Å². The molecule has 0 fully saturated rings. The lowest BCUT2D eigenvalue weighted by Crippen LogP contribution is -2.25. The summed E-state index contributed by atoms with van der Waals surface area (Å²) in [6, 6.07) is 15.5. The molecule has 0 aliphatic heterocycles. The topological polar surface area (TPSA) is 84.9 Å². The van der Waals surface area contributed by atoms with Crippen molar-refractivity contribution in [3.05, 3.63) is 65.5 Å². The Morgan fingerprint density at radius 1 is 1.09 bits per heavy atom. The van der Waals surface area contributed by atoms with Crippen molar-refractivity contribution in [3.8, 4) is 11.5 Å². The highest BCUT2D eigenvalue weighted by molar-refractivity contribution is 7.94. The lowest BCUT2D eigenvalue weighted by molar-refractivity contribution is -0.118. The molecule has 0 bridgehead atoms. The molecule has 176 valence electrons. The van der Waals surface area contributed by atoms with Crippen molar-refractivity contribution in [1.29, 1.82) is 0 Å². The van der Waals surface area contributed by atoms with Crippen LogP contribution in [0.25, 0.3) is 0 Å². The van der Waals surface area contributed by atoms with Crippen LogP contribution in [0.15, 0.2) is 64.2 Å². The highest BCUT2D eigenvalue weighted by Gasteiger charge is 2.22. The van der Waals surface area contributed by atoms with Gasteiger partial charge in [0, 0.05) is 7.05 Å². The number of carbonyl (C=O) groups is 1. The number of carbonyl (C=O) groups excluding carboxylic acids is 1. The van der Waals surface area contributed by atoms with E-state index in [1.54, 1.807) is 48.9 Å². The summed E-state index contributed by atoms with van der Waals surface area (Å²) < 4.78 is 37.7. The number of nitrogens with one attached hydrogen (secondary N) is 1. The summed E-state index contributed by atoms with van der Waals surface area (Å²) in [5, 5.41) is 4.55. The molecule has 3 rings (SSSR count). The fourth-order valence-corrected chi connectivity index (χ4v) is 5.40. The van der Waals surface area contributed by atoms with Crippen molar-refractivity contribution >= 4 is 38.6 Å². The Morgan fingerprint density at radius 2 is 1.79 bits per heavy atom. The molecule has 2 aromatic carbocycles. The maximum atomic E-state index is 12.6. The molecule has 0 unspecified atom stereocenters. The molecule has 0 aliphatic carbocycles. The van der Waals surface area contributed by atoms with E-state index in [1.807, 2.05) is 18.2 Å². The molecule has 1 amide bonds. The fourth-order valence-electron chi connectivity index (χ4n) is 3.04. The number of sulfonamides is 1. The Hall–Kier alpha value is -3.04. The second-order valence-corrected chi connectivity index (χ2v) is 11.5. The molecule has 3 aromatic rings. The van der Waals surface area contributed by atoms with Crippen LogP contribution >= 0.6 is 11.3 Å². The van der Waals surface area contributed by atoms with E-state index in [9.17, 15) is 13.2 Å². The summed E-state index contributed by atoms with van der Waals surface area (Å²) in [4.78, 5) is 12.5. The third-order valence-electron chi connectivity index (χ3n) is 5.02. The SMILES string of the molecule is COc1ccc(C(C)(C)C)cc1NC(=O)COc1ccc(N(C)S(=O)(=O)c2cccs2)cc1. The van der Waals surface area contributed by atoms with Gasteiger partial charge in [-0.25, -0.2) is 8.42 Å². The van der Waals surface area contributed by atoms with Crippen LogP contribution in [0.4, 0.5) is 11.4 Å². The average molecular weight is 489 g/mol. The zero-order valence-electron chi connectivity index (χ0n) is 19.3. The van der Waals surface area contributed by atoms with Crippen molar-refractivity contribution in [2.75, 3.05) is 30.4 Å². The molecule has 1 aromatic heterocycles. The number of thiophene rings is 1. The number of amides is 1. The minimum absolute atomic E-state index is 0.0753. The lowest BCUT2D eigenvalue weighted by atomic mass is 9.87. The second kappa shape index (κ2) is 9.84. The van der Waals surface area contributed by atoms with E-state index < -0.39 is 10.0 Å². The van der Waals surface area contributed by atoms with Gasteiger partial charge >= 0.3 is 0 Å². The van der Waals surface area contributed by atoms with Crippen LogP contribution in [0.2, 0.25) is 0 Å². The molecule has 7 nitrogen and oxygen atoms in total. The van der Waals surface area contributed by atoms with Gasteiger partial charge in [-0.1, -0.05) is 32.9 Å². The van der Waals surface area contributed by atoms with E-state index in [0.717, 1.165) is 16.9 Å². The van der Waals surface area contributed by atoms with Crippen LogP contribution in [-0.4, -0.2) is 35.1 Å². The zero-order chi connectivity index (χ0) is 24.2. The van der Waals surface area contributed by atoms with Gasteiger partial charge in [0.15, 0.2) is 6.61 Å². The summed E-state index contributed by atoms with van der Waals surface area (Å²) in [6.45, 7) is 6.08. The molecule has 9 heteroatoms. The molecular weight excluding hydrogens is 460 g/mol. The molecule has 1 N–H and O–H groups in total. The first-order chi connectivity index (χ1) is 15.5. The molecule has 0 aliphatic rings. The van der Waals surface area contributed by atoms with Gasteiger partial charge < -0.3 is 14.8 Å². The Labute approximate surface area is 199 Å². The maximum Gasteiger partial charge on any atom is 0.273 e. The van der Waals surface area contributed by atoms with Crippen LogP contribution in [0.3, 0.4) is 0 Å². The molecule has 0 radical (unpaired) electrons. The number of hydrogen-bond donors (Lipinski definition) is 1. The third kappa shape index (κ3) is 5.85. The first-order valence-electron chi connectivity index (χ1n) is 10.3. The molecule has 0 atom stereocenters. The van der Waals surface area contributed by atoms with Crippen molar-refractivity contribution in [2.45, 2.75) is 30.4 Å². The number of methoxy groups -OCH3 is 1. The fraction of sp³-hybridized carbons (Fsp3) is 0.292. The van der Waals surface area contributed by atoms with Gasteiger partial charge in [0.1, 0.15) is 15.7 Å². The van der Waals surface area contributed by atoms with E-state index in [4.69, 9.17) is 9.47 Å². The normalized spacial score (nSPS) is 11.7. The zero-order valence-corrected chi connectivity index (χ0v) is 20.9. The van der Waals surface area contributed by atoms with Crippen LogP contribution in [0.1, 0.15) is 26.3 Å². The smallest absolute Gasteiger partial charge is 0.273 e. The van der Waals surface area contributed by atoms with Crippen molar-refractivity contribution < 1.29 is 22.7 Å². The average Bonchev–Trinajstić information content (AvgIpc) is 3.33. The number of ether oxygens (including phenoxy) is 2. The van der Waals surface area contributed by atoms with Crippen LogP contribution < -0.4 is 19.1 Å². The molecule has 33 heavy (non-hydrogen) atoms. The van der Waals surface area contributed by atoms with E-state index in [2.05, 4.69) is 26.1 Å². The van der Waals surface area contributed by atoms with Crippen molar-refractivity contribution in [1.82, 2.24) is 0 Å². The van der Waals surface area contributed by atoms with Crippen LogP contribution in [0.5, 0.6) is 11.5 Å². The lowest BCUT2D eigenvalue weighted by Gasteiger charge is -2.21. The largest absolute Gasteiger partial charge is 0.495 e. The Balaban J connectivity index is 1.63. The van der Waals surface area contributed by atoms with Gasteiger partial charge in [0.2, 0.25) is 0 Å². The van der Waals surface area contributed by atoms with E-state index in [1.165, 1.54) is 11.4 Å². The van der Waals surface area contributed by atoms with Crippen LogP contribution in [0, 0.1) is 0 Å². The number of hydrogen-bond acceptors (Lipinski definition) is 6. The minimum atomic E-state index is -3.61. The molecule has 0 saturated carbocycles. The highest BCUT2D eigenvalue weighted by Crippen LogP contribution is 2.31. The third-order valence-corrected chi connectivity index (χ3v) is 8.18. The van der Waals surface area contributed by atoms with Gasteiger partial charge in [-0.2, -0.15) is 0 Å². The van der Waals surface area contributed by atoms with Crippen molar-refractivity contribution in [3.63, 3.8) is 0 Å². The molecular formula is C24H28N2O5S2. The van der Waals surface area contributed by atoms with Gasteiger partial charge in [-0.15, -0.1) is 11.3 Å². The standard InChI is InChI=1S/C24H28N2O5S2/c1-24(2,3)17-8-13-21(30-5)20(15-17)25-22(27)16-31-19-11-9-18(10-12-19)26(4)33(28,29)23-7-6-14-32-23/h6-15H,16H2,1-5H3,(H,25,27). The number of nitrogens with zero attached hydrogens (tertiary/aromatic N) is 1. The summed E-state index contributed by atoms with van der Waals surface area (Å²) >= 11 is 1.16. The number of rotatable bonds is 8. The van der Waals surface area contributed by atoms with Gasteiger partial charge in [0.05, 0.1) is 18.5 Å². The Bertz CT molecular complexity index is 1200.